The summed E-state index contributed by atoms with van der Waals surface area (Å²) in [6, 6.07) is 2.64. The fourth-order valence-electron chi connectivity index (χ4n) is 7.38. The fraction of sp³-hybridized carbons (Fsp3) is 0.438. The third-order valence-electron chi connectivity index (χ3n) is 9.74. The third kappa shape index (κ3) is 5.39. The van der Waals surface area contributed by atoms with Crippen LogP contribution in [0.25, 0.3) is 22.2 Å². The molecule has 0 aliphatic carbocycles. The van der Waals surface area contributed by atoms with Gasteiger partial charge in [-0.3, -0.25) is 4.90 Å². The van der Waals surface area contributed by atoms with Crippen molar-refractivity contribution in [2.75, 3.05) is 49.2 Å². The van der Waals surface area contributed by atoms with E-state index in [1.807, 2.05) is 11.8 Å². The van der Waals surface area contributed by atoms with Crippen molar-refractivity contribution in [3.05, 3.63) is 51.7 Å². The number of alkyl halides is 4. The molecular weight excluding hydrogens is 678 g/mol. The first-order valence-electron chi connectivity index (χ1n) is 15.6. The van der Waals surface area contributed by atoms with Gasteiger partial charge >= 0.3 is 12.2 Å². The molecule has 0 bridgehead atoms. The van der Waals surface area contributed by atoms with Crippen molar-refractivity contribution in [1.29, 1.82) is 0 Å². The summed E-state index contributed by atoms with van der Waals surface area (Å²) >= 11 is 6.24. The monoisotopic (exact) mass is 708 g/mol. The quantitative estimate of drug-likeness (QED) is 0.171. The lowest BCUT2D eigenvalue weighted by Gasteiger charge is -2.32. The van der Waals surface area contributed by atoms with E-state index in [0.717, 1.165) is 13.3 Å². The first-order chi connectivity index (χ1) is 23.2. The number of nitrogens with zero attached hydrogens (tertiary/aromatic N) is 6. The molecule has 3 aromatic heterocycles. The van der Waals surface area contributed by atoms with Crippen LogP contribution < -0.4 is 25.8 Å². The second-order valence-electron chi connectivity index (χ2n) is 12.6. The molecule has 0 amide bonds. The number of nitrogens with two attached hydrogens (primary N) is 2. The van der Waals surface area contributed by atoms with Crippen molar-refractivity contribution in [2.45, 2.75) is 57.0 Å². The number of nitrogen functional groups attached to an aromatic ring is 2. The lowest BCUT2D eigenvalue weighted by Crippen LogP contribution is -2.43. The molecule has 0 radical (unpaired) electrons. The first kappa shape index (κ1) is 33.2. The Morgan fingerprint density at radius 3 is 2.67 bits per heavy atom. The summed E-state index contributed by atoms with van der Waals surface area (Å²) in [6.45, 7) is 3.71. The summed E-state index contributed by atoms with van der Waals surface area (Å²) in [4.78, 5) is 21.1. The van der Waals surface area contributed by atoms with Crippen LogP contribution in [0.1, 0.15) is 48.9 Å². The third-order valence-corrected chi connectivity index (χ3v) is 10.1. The number of halogens is 7. The molecule has 1 aromatic carbocycles. The average molecular weight is 709 g/mol. The van der Waals surface area contributed by atoms with Gasteiger partial charge in [-0.2, -0.15) is 23.1 Å². The molecule has 4 aromatic rings. The maximum absolute atomic E-state index is 16.9. The molecule has 3 atom stereocenters. The summed E-state index contributed by atoms with van der Waals surface area (Å²) in [5, 5.41) is -0.931. The SMILES string of the molecule is Cc1c(F)c(N)c(Cl)c(-c2nc3c4c(nc(OC[C@@]56CCCN5C[C@H](F)C6)nc4c2F)N([C@H](C)c2cccnc2N)CCO3)c1C(F)(F)F. The van der Waals surface area contributed by atoms with Crippen molar-refractivity contribution >= 4 is 39.8 Å². The fourth-order valence-corrected chi connectivity index (χ4v) is 7.65. The molecule has 260 valence electrons. The highest BCUT2D eigenvalue weighted by atomic mass is 35.5. The van der Waals surface area contributed by atoms with Gasteiger partial charge in [0.05, 0.1) is 34.4 Å². The van der Waals surface area contributed by atoms with Crippen molar-refractivity contribution in [3.63, 3.8) is 0 Å². The highest BCUT2D eigenvalue weighted by Gasteiger charge is 2.49. The Morgan fingerprint density at radius 1 is 1.16 bits per heavy atom. The molecule has 6 heterocycles. The zero-order valence-corrected chi connectivity index (χ0v) is 27.1. The molecule has 2 saturated heterocycles. The van der Waals surface area contributed by atoms with Gasteiger partial charge < -0.3 is 25.8 Å². The van der Waals surface area contributed by atoms with Crippen LogP contribution in [0, 0.1) is 18.6 Å². The smallest absolute Gasteiger partial charge is 0.417 e. The Kier molecular flexibility index (Phi) is 8.08. The van der Waals surface area contributed by atoms with Crippen molar-refractivity contribution < 1.29 is 35.8 Å². The topological polar surface area (TPSA) is 129 Å². The molecule has 3 aliphatic heterocycles. The van der Waals surface area contributed by atoms with Crippen LogP contribution in [0.3, 0.4) is 0 Å². The molecule has 49 heavy (non-hydrogen) atoms. The van der Waals surface area contributed by atoms with Crippen molar-refractivity contribution in [2.24, 2.45) is 0 Å². The second-order valence-corrected chi connectivity index (χ2v) is 13.0. The molecule has 7 rings (SSSR count). The maximum atomic E-state index is 16.9. The minimum absolute atomic E-state index is 0.00979. The van der Waals surface area contributed by atoms with E-state index in [4.69, 9.17) is 32.5 Å². The Morgan fingerprint density at radius 2 is 1.94 bits per heavy atom. The Labute approximate surface area is 281 Å². The number of benzene rings is 1. The predicted octanol–water partition coefficient (Wildman–Crippen LogP) is 6.43. The van der Waals surface area contributed by atoms with E-state index in [-0.39, 0.29) is 61.6 Å². The molecule has 10 nitrogen and oxygen atoms in total. The summed E-state index contributed by atoms with van der Waals surface area (Å²) in [5.74, 6) is -2.66. The minimum atomic E-state index is -5.18. The van der Waals surface area contributed by atoms with Crippen LogP contribution in [0.15, 0.2) is 18.3 Å². The van der Waals surface area contributed by atoms with E-state index in [2.05, 4.69) is 19.9 Å². The summed E-state index contributed by atoms with van der Waals surface area (Å²) in [6.07, 6.45) is -2.95. The van der Waals surface area contributed by atoms with Gasteiger partial charge in [0.15, 0.2) is 11.6 Å². The van der Waals surface area contributed by atoms with Crippen LogP contribution >= 0.6 is 11.6 Å². The van der Waals surface area contributed by atoms with E-state index in [1.54, 1.807) is 17.0 Å². The van der Waals surface area contributed by atoms with Gasteiger partial charge in [-0.1, -0.05) is 17.7 Å². The second kappa shape index (κ2) is 11.9. The van der Waals surface area contributed by atoms with Gasteiger partial charge in [0, 0.05) is 30.3 Å². The zero-order chi connectivity index (χ0) is 35.0. The maximum Gasteiger partial charge on any atom is 0.417 e. The summed E-state index contributed by atoms with van der Waals surface area (Å²) in [7, 11) is 0. The van der Waals surface area contributed by atoms with E-state index in [1.165, 1.54) is 6.20 Å². The number of ether oxygens (including phenoxy) is 2. The van der Waals surface area contributed by atoms with Gasteiger partial charge in [0.25, 0.3) is 0 Å². The van der Waals surface area contributed by atoms with Crippen LogP contribution in [0.2, 0.25) is 5.02 Å². The van der Waals surface area contributed by atoms with Crippen LogP contribution in [0.5, 0.6) is 11.9 Å². The predicted molar refractivity (Wildman–Crippen MR) is 170 cm³/mol. The lowest BCUT2D eigenvalue weighted by atomic mass is 9.95. The number of anilines is 3. The molecule has 0 saturated carbocycles. The van der Waals surface area contributed by atoms with Gasteiger partial charge in [-0.25, -0.2) is 23.1 Å². The summed E-state index contributed by atoms with van der Waals surface area (Å²) in [5.41, 5.74) is 6.37. The lowest BCUT2D eigenvalue weighted by molar-refractivity contribution is -0.137. The molecule has 17 heteroatoms. The minimum Gasteiger partial charge on any atom is -0.475 e. The standard InChI is InChI=1S/C32H31ClF6N8O2/c1-14-20(32(37,38)39)18(21(33)24(40)22(14)35)25-23(36)26-19-28(45-30(44-26)49-13-31-6-4-8-46(31)12-16(34)11-31)47(9-10-48-29(19)43-25)15(2)17-5-3-7-42-27(17)41/h3,5,7,15-16H,4,6,8-13,40H2,1-2H3,(H2,41,42)/t15-,16-,31+/m1/s1. The molecule has 0 spiro atoms. The number of hydrogen-bond acceptors (Lipinski definition) is 10. The van der Waals surface area contributed by atoms with Gasteiger partial charge in [0.1, 0.15) is 47.6 Å². The van der Waals surface area contributed by atoms with E-state index < -0.39 is 74.2 Å². The normalized spacial score (nSPS) is 21.5. The largest absolute Gasteiger partial charge is 0.475 e. The zero-order valence-electron chi connectivity index (χ0n) is 26.3. The highest BCUT2D eigenvalue weighted by Crippen LogP contribution is 2.49. The molecule has 0 unspecified atom stereocenters. The number of rotatable bonds is 6. The number of fused-ring (bicyclic) bond motifs is 1. The van der Waals surface area contributed by atoms with E-state index >= 15 is 4.39 Å². The van der Waals surface area contributed by atoms with Crippen LogP contribution in [-0.4, -0.2) is 69.4 Å². The highest BCUT2D eigenvalue weighted by molar-refractivity contribution is 6.36. The van der Waals surface area contributed by atoms with Gasteiger partial charge in [0.2, 0.25) is 5.88 Å². The first-order valence-corrected chi connectivity index (χ1v) is 16.0. The van der Waals surface area contributed by atoms with E-state index in [9.17, 15) is 22.0 Å². The molecular formula is C32H31ClF6N8O2. The van der Waals surface area contributed by atoms with Gasteiger partial charge in [-0.05, 0) is 44.9 Å². The number of aromatic nitrogens is 4. The van der Waals surface area contributed by atoms with Crippen LogP contribution in [-0.2, 0) is 6.18 Å². The Balaban J connectivity index is 1.46. The Bertz CT molecular complexity index is 1980. The van der Waals surface area contributed by atoms with Crippen molar-refractivity contribution in [3.8, 4) is 23.1 Å². The number of hydrogen-bond donors (Lipinski definition) is 2. The van der Waals surface area contributed by atoms with E-state index in [0.29, 0.717) is 18.5 Å². The number of pyridine rings is 2. The average Bonchev–Trinajstić information content (AvgIpc) is 3.51. The van der Waals surface area contributed by atoms with Crippen LogP contribution in [0.4, 0.5) is 43.7 Å². The molecule has 3 aliphatic rings. The molecule has 2 fully saturated rings. The Hall–Kier alpha value is -4.31. The molecule has 4 N–H and O–H groups in total. The van der Waals surface area contributed by atoms with Gasteiger partial charge in [-0.15, -0.1) is 0 Å². The van der Waals surface area contributed by atoms with Crippen molar-refractivity contribution in [1.82, 2.24) is 24.8 Å². The summed E-state index contributed by atoms with van der Waals surface area (Å²) < 4.78 is 102.